The quantitative estimate of drug-likeness (QED) is 0.609. The molecule has 2 aliphatic rings. The Labute approximate surface area is 84.3 Å². The highest BCUT2D eigenvalue weighted by Gasteiger charge is 2.29. The van der Waals surface area contributed by atoms with Crippen molar-refractivity contribution >= 4 is 5.91 Å². The van der Waals surface area contributed by atoms with Gasteiger partial charge in [-0.2, -0.15) is 0 Å². The van der Waals surface area contributed by atoms with Gasteiger partial charge in [-0.15, -0.1) is 0 Å². The Bertz CT molecular complexity index is 220. The molecule has 4 nitrogen and oxygen atoms in total. The van der Waals surface area contributed by atoms with Gasteiger partial charge in [0.1, 0.15) is 0 Å². The van der Waals surface area contributed by atoms with E-state index in [0.29, 0.717) is 6.54 Å². The number of nitrogens with zero attached hydrogens (tertiary/aromatic N) is 1. The summed E-state index contributed by atoms with van der Waals surface area (Å²) in [6.07, 6.45) is 3.57. The van der Waals surface area contributed by atoms with Crippen molar-refractivity contribution in [2.75, 3.05) is 19.6 Å². The average molecular weight is 198 g/mol. The van der Waals surface area contributed by atoms with Crippen molar-refractivity contribution in [2.45, 2.75) is 37.8 Å². The molecule has 80 valence electrons. The van der Waals surface area contributed by atoms with Crippen LogP contribution in [0.2, 0.25) is 0 Å². The van der Waals surface area contributed by atoms with Gasteiger partial charge >= 0.3 is 0 Å². The van der Waals surface area contributed by atoms with Crippen LogP contribution in [0.5, 0.6) is 0 Å². The van der Waals surface area contributed by atoms with Gasteiger partial charge in [-0.25, -0.2) is 0 Å². The lowest BCUT2D eigenvalue weighted by molar-refractivity contribution is -0.135. The predicted octanol–water partition coefficient (Wildman–Crippen LogP) is -0.278. The number of aliphatic hydroxyl groups is 1. The second-order valence-electron chi connectivity index (χ2n) is 4.24. The first kappa shape index (κ1) is 9.93. The molecule has 0 unspecified atom stereocenters. The number of amides is 1. The second kappa shape index (κ2) is 4.28. The molecule has 0 aromatic rings. The molecular weight excluding hydrogens is 180 g/mol. The maximum atomic E-state index is 11.6. The summed E-state index contributed by atoms with van der Waals surface area (Å²) < 4.78 is 0. The van der Waals surface area contributed by atoms with Crippen LogP contribution in [-0.2, 0) is 4.79 Å². The van der Waals surface area contributed by atoms with Gasteiger partial charge in [0.05, 0.1) is 12.6 Å². The molecule has 1 saturated carbocycles. The molecule has 1 heterocycles. The molecule has 0 bridgehead atoms. The fourth-order valence-electron chi connectivity index (χ4n) is 2.43. The van der Waals surface area contributed by atoms with E-state index in [9.17, 15) is 9.90 Å². The smallest absolute Gasteiger partial charge is 0.236 e. The monoisotopic (exact) mass is 198 g/mol. The average Bonchev–Trinajstić information content (AvgIpc) is 2.18. The maximum absolute atomic E-state index is 11.6. The van der Waals surface area contributed by atoms with Gasteiger partial charge in [0.25, 0.3) is 0 Å². The molecule has 0 radical (unpaired) electrons. The van der Waals surface area contributed by atoms with Gasteiger partial charge < -0.3 is 15.3 Å². The van der Waals surface area contributed by atoms with E-state index in [1.165, 1.54) is 0 Å². The van der Waals surface area contributed by atoms with Crippen LogP contribution in [0.1, 0.15) is 25.7 Å². The molecule has 0 aromatic carbocycles. The first-order chi connectivity index (χ1) is 6.77. The molecule has 1 amide bonds. The molecule has 1 saturated heterocycles. The molecule has 0 spiro atoms. The molecule has 2 rings (SSSR count). The fourth-order valence-corrected chi connectivity index (χ4v) is 2.43. The Morgan fingerprint density at radius 2 is 2.29 bits per heavy atom. The zero-order chi connectivity index (χ0) is 9.97. The van der Waals surface area contributed by atoms with Crippen LogP contribution in [0.15, 0.2) is 0 Å². The van der Waals surface area contributed by atoms with Gasteiger partial charge in [-0.3, -0.25) is 4.79 Å². The maximum Gasteiger partial charge on any atom is 0.236 e. The number of rotatable bonds is 1. The van der Waals surface area contributed by atoms with E-state index in [2.05, 4.69) is 5.32 Å². The van der Waals surface area contributed by atoms with Gasteiger partial charge in [0.2, 0.25) is 5.91 Å². The summed E-state index contributed by atoms with van der Waals surface area (Å²) in [5, 5.41) is 12.6. The Morgan fingerprint density at radius 3 is 3.00 bits per heavy atom. The molecule has 0 aromatic heterocycles. The van der Waals surface area contributed by atoms with Gasteiger partial charge in [-0.1, -0.05) is 0 Å². The van der Waals surface area contributed by atoms with E-state index in [-0.39, 0.29) is 18.1 Å². The largest absolute Gasteiger partial charge is 0.393 e. The van der Waals surface area contributed by atoms with Crippen LogP contribution in [0.25, 0.3) is 0 Å². The molecule has 14 heavy (non-hydrogen) atoms. The molecule has 1 aliphatic carbocycles. The first-order valence-corrected chi connectivity index (χ1v) is 5.45. The highest BCUT2D eigenvalue weighted by molar-refractivity contribution is 5.79. The summed E-state index contributed by atoms with van der Waals surface area (Å²) in [7, 11) is 0. The van der Waals surface area contributed by atoms with E-state index in [4.69, 9.17) is 0 Å². The van der Waals surface area contributed by atoms with E-state index in [0.717, 1.165) is 38.8 Å². The number of carbonyl (C=O) groups excluding carboxylic acids is 1. The first-order valence-electron chi connectivity index (χ1n) is 5.45. The minimum atomic E-state index is -0.198. The Balaban J connectivity index is 1.94. The number of hydrogen-bond donors (Lipinski definition) is 2. The Morgan fingerprint density at radius 1 is 1.43 bits per heavy atom. The van der Waals surface area contributed by atoms with Crippen molar-refractivity contribution < 1.29 is 9.90 Å². The van der Waals surface area contributed by atoms with E-state index >= 15 is 0 Å². The van der Waals surface area contributed by atoms with E-state index < -0.39 is 0 Å². The van der Waals surface area contributed by atoms with Crippen LogP contribution in [0.3, 0.4) is 0 Å². The topological polar surface area (TPSA) is 52.6 Å². The lowest BCUT2D eigenvalue weighted by Crippen LogP contribution is -2.53. The summed E-state index contributed by atoms with van der Waals surface area (Å²) in [5.41, 5.74) is 0. The number of hydrogen-bond acceptors (Lipinski definition) is 3. The summed E-state index contributed by atoms with van der Waals surface area (Å²) in [6, 6.07) is 0.286. The molecular formula is C10H18N2O2. The van der Waals surface area contributed by atoms with Crippen molar-refractivity contribution in [3.8, 4) is 0 Å². The number of aliphatic hydroxyl groups excluding tert-OH is 1. The minimum Gasteiger partial charge on any atom is -0.393 e. The number of carbonyl (C=O) groups is 1. The third-order valence-electron chi connectivity index (χ3n) is 3.19. The van der Waals surface area contributed by atoms with Crippen molar-refractivity contribution in [1.29, 1.82) is 0 Å². The molecule has 2 N–H and O–H groups in total. The van der Waals surface area contributed by atoms with Crippen LogP contribution in [-0.4, -0.2) is 47.7 Å². The summed E-state index contributed by atoms with van der Waals surface area (Å²) in [4.78, 5) is 13.5. The Kier molecular flexibility index (Phi) is 3.03. The van der Waals surface area contributed by atoms with Crippen LogP contribution < -0.4 is 5.32 Å². The normalized spacial score (nSPS) is 34.6. The number of piperazine rings is 1. The lowest BCUT2D eigenvalue weighted by Gasteiger charge is -2.38. The van der Waals surface area contributed by atoms with Crippen molar-refractivity contribution in [1.82, 2.24) is 10.2 Å². The predicted molar refractivity (Wildman–Crippen MR) is 52.8 cm³/mol. The SMILES string of the molecule is O=C1CNCCN1[C@@H]1CCC[C@H](O)C1. The van der Waals surface area contributed by atoms with Crippen molar-refractivity contribution in [3.05, 3.63) is 0 Å². The fraction of sp³-hybridized carbons (Fsp3) is 0.900. The molecule has 2 atom stereocenters. The summed E-state index contributed by atoms with van der Waals surface area (Å²) in [6.45, 7) is 2.15. The highest BCUT2D eigenvalue weighted by Crippen LogP contribution is 2.23. The minimum absolute atomic E-state index is 0.190. The standard InChI is InChI=1S/C10H18N2O2/c13-9-3-1-2-8(6-9)12-5-4-11-7-10(12)14/h8-9,11,13H,1-7H2/t8-,9+/m1/s1. The third-order valence-corrected chi connectivity index (χ3v) is 3.19. The third kappa shape index (κ3) is 2.07. The zero-order valence-electron chi connectivity index (χ0n) is 8.41. The van der Waals surface area contributed by atoms with Crippen LogP contribution in [0.4, 0.5) is 0 Å². The summed E-state index contributed by atoms with van der Waals surface area (Å²) >= 11 is 0. The molecule has 1 aliphatic heterocycles. The second-order valence-corrected chi connectivity index (χ2v) is 4.24. The zero-order valence-corrected chi connectivity index (χ0v) is 8.41. The number of nitrogens with one attached hydrogen (secondary N) is 1. The van der Waals surface area contributed by atoms with Gasteiger partial charge in [0.15, 0.2) is 0 Å². The van der Waals surface area contributed by atoms with E-state index in [1.54, 1.807) is 0 Å². The van der Waals surface area contributed by atoms with E-state index in [1.807, 2.05) is 4.90 Å². The summed E-state index contributed by atoms with van der Waals surface area (Å²) in [5.74, 6) is 0.190. The van der Waals surface area contributed by atoms with Gasteiger partial charge in [0, 0.05) is 19.1 Å². The van der Waals surface area contributed by atoms with Crippen molar-refractivity contribution in [3.63, 3.8) is 0 Å². The molecule has 4 heteroatoms. The Hall–Kier alpha value is -0.610. The van der Waals surface area contributed by atoms with Crippen molar-refractivity contribution in [2.24, 2.45) is 0 Å². The lowest BCUT2D eigenvalue weighted by atomic mass is 9.91. The van der Waals surface area contributed by atoms with Gasteiger partial charge in [-0.05, 0) is 25.7 Å². The van der Waals surface area contributed by atoms with Crippen LogP contribution in [0, 0.1) is 0 Å². The molecule has 2 fully saturated rings. The highest BCUT2D eigenvalue weighted by atomic mass is 16.3. The van der Waals surface area contributed by atoms with Crippen LogP contribution >= 0.6 is 0 Å².